The first-order valence-corrected chi connectivity index (χ1v) is 7.68. The molecule has 7 heteroatoms. The molecule has 7 nitrogen and oxygen atoms in total. The summed E-state index contributed by atoms with van der Waals surface area (Å²) in [6.45, 7) is 2.92. The summed E-state index contributed by atoms with van der Waals surface area (Å²) in [6.07, 6.45) is 0. The molecular weight excluding hydrogens is 306 g/mol. The van der Waals surface area contributed by atoms with Crippen LogP contribution in [0.1, 0.15) is 16.2 Å². The number of nitrogens with zero attached hydrogens (tertiary/aromatic N) is 3. The van der Waals surface area contributed by atoms with Crippen molar-refractivity contribution in [2.45, 2.75) is 6.92 Å². The number of benzene rings is 1. The number of carbonyl (C=O) groups excluding carboxylic acids is 1. The Morgan fingerprint density at radius 2 is 1.88 bits per heavy atom. The van der Waals surface area contributed by atoms with Gasteiger partial charge in [0.1, 0.15) is 23.2 Å². The number of hydrogen-bond acceptors (Lipinski definition) is 6. The lowest BCUT2D eigenvalue weighted by Gasteiger charge is -2.14. The fraction of sp³-hybridized carbons (Fsp3) is 0.353. The van der Waals surface area contributed by atoms with E-state index in [1.54, 1.807) is 31.4 Å². The van der Waals surface area contributed by atoms with Crippen LogP contribution in [0, 0.1) is 6.92 Å². The zero-order valence-corrected chi connectivity index (χ0v) is 14.5. The van der Waals surface area contributed by atoms with Crippen molar-refractivity contribution in [3.8, 4) is 5.75 Å². The Kier molecular flexibility index (Phi) is 5.95. The lowest BCUT2D eigenvalue weighted by atomic mass is 10.2. The standard InChI is InChI=1S/C17H23N5O2/c1-12-20-15(11-16(21-12)22(2)3)18-9-10-19-17(23)13-5-7-14(24-4)8-6-13/h5-8,11H,9-10H2,1-4H3,(H,19,23)(H,18,20,21). The summed E-state index contributed by atoms with van der Waals surface area (Å²) in [4.78, 5) is 22.6. The topological polar surface area (TPSA) is 79.4 Å². The number of ether oxygens (including phenoxy) is 1. The maximum absolute atomic E-state index is 12.0. The van der Waals surface area contributed by atoms with E-state index in [1.807, 2.05) is 32.0 Å². The number of hydrogen-bond donors (Lipinski definition) is 2. The number of nitrogens with one attached hydrogen (secondary N) is 2. The predicted octanol–water partition coefficient (Wildman–Crippen LogP) is 1.70. The normalized spacial score (nSPS) is 10.2. The number of rotatable bonds is 7. The Hall–Kier alpha value is -2.83. The van der Waals surface area contributed by atoms with Crippen molar-refractivity contribution in [2.75, 3.05) is 44.5 Å². The lowest BCUT2D eigenvalue weighted by Crippen LogP contribution is -2.29. The van der Waals surface area contributed by atoms with Crippen LogP contribution in [-0.4, -0.2) is 50.2 Å². The van der Waals surface area contributed by atoms with Crippen LogP contribution in [-0.2, 0) is 0 Å². The van der Waals surface area contributed by atoms with Gasteiger partial charge in [-0.2, -0.15) is 0 Å². The van der Waals surface area contributed by atoms with Crippen LogP contribution in [0.15, 0.2) is 30.3 Å². The molecule has 1 heterocycles. The maximum Gasteiger partial charge on any atom is 0.251 e. The summed E-state index contributed by atoms with van der Waals surface area (Å²) in [7, 11) is 5.46. The van der Waals surface area contributed by atoms with Crippen LogP contribution in [0.2, 0.25) is 0 Å². The smallest absolute Gasteiger partial charge is 0.251 e. The molecule has 0 aliphatic rings. The number of aryl methyl sites for hydroxylation is 1. The van der Waals surface area contributed by atoms with Crippen LogP contribution >= 0.6 is 0 Å². The summed E-state index contributed by atoms with van der Waals surface area (Å²) in [5.41, 5.74) is 0.601. The van der Waals surface area contributed by atoms with Gasteiger partial charge in [0.05, 0.1) is 7.11 Å². The molecule has 0 saturated heterocycles. The van der Waals surface area contributed by atoms with Crippen molar-refractivity contribution in [3.05, 3.63) is 41.7 Å². The summed E-state index contributed by atoms with van der Waals surface area (Å²) in [5, 5.41) is 6.06. The number of aromatic nitrogens is 2. The van der Waals surface area contributed by atoms with E-state index in [-0.39, 0.29) is 5.91 Å². The molecule has 0 atom stereocenters. The molecule has 0 saturated carbocycles. The van der Waals surface area contributed by atoms with Gasteiger partial charge in [0.2, 0.25) is 0 Å². The highest BCUT2D eigenvalue weighted by Crippen LogP contribution is 2.13. The second-order valence-corrected chi connectivity index (χ2v) is 5.46. The molecular formula is C17H23N5O2. The Labute approximate surface area is 142 Å². The largest absolute Gasteiger partial charge is 0.497 e. The minimum absolute atomic E-state index is 0.118. The lowest BCUT2D eigenvalue weighted by molar-refractivity contribution is 0.0955. The fourth-order valence-electron chi connectivity index (χ4n) is 2.08. The van der Waals surface area contributed by atoms with E-state index in [0.29, 0.717) is 24.5 Å². The number of carbonyl (C=O) groups is 1. The second-order valence-electron chi connectivity index (χ2n) is 5.46. The molecule has 24 heavy (non-hydrogen) atoms. The molecule has 128 valence electrons. The van der Waals surface area contributed by atoms with E-state index in [0.717, 1.165) is 17.4 Å². The first kappa shape index (κ1) is 17.5. The molecule has 0 aliphatic heterocycles. The molecule has 0 fully saturated rings. The summed E-state index contributed by atoms with van der Waals surface area (Å²) in [5.74, 6) is 2.89. The average molecular weight is 329 g/mol. The van der Waals surface area contributed by atoms with Gasteiger partial charge < -0.3 is 20.3 Å². The summed E-state index contributed by atoms with van der Waals surface area (Å²) >= 11 is 0. The van der Waals surface area contributed by atoms with Gasteiger partial charge in [-0.15, -0.1) is 0 Å². The van der Waals surface area contributed by atoms with Gasteiger partial charge >= 0.3 is 0 Å². The van der Waals surface area contributed by atoms with Gasteiger partial charge in [-0.1, -0.05) is 0 Å². The zero-order chi connectivity index (χ0) is 17.5. The molecule has 2 N–H and O–H groups in total. The fourth-order valence-corrected chi connectivity index (χ4v) is 2.08. The molecule has 0 unspecified atom stereocenters. The summed E-state index contributed by atoms with van der Waals surface area (Å²) < 4.78 is 5.08. The highest BCUT2D eigenvalue weighted by Gasteiger charge is 2.06. The minimum atomic E-state index is -0.118. The first-order chi connectivity index (χ1) is 11.5. The second kappa shape index (κ2) is 8.14. The van der Waals surface area contributed by atoms with Crippen molar-refractivity contribution in [2.24, 2.45) is 0 Å². The van der Waals surface area contributed by atoms with Gasteiger partial charge in [-0.25, -0.2) is 9.97 Å². The molecule has 0 radical (unpaired) electrons. The highest BCUT2D eigenvalue weighted by atomic mass is 16.5. The molecule has 2 rings (SSSR count). The van der Waals surface area contributed by atoms with Gasteiger partial charge in [0, 0.05) is 38.8 Å². The van der Waals surface area contributed by atoms with Crippen LogP contribution in [0.25, 0.3) is 0 Å². The molecule has 0 aliphatic carbocycles. The van der Waals surface area contributed by atoms with Gasteiger partial charge in [0.25, 0.3) is 5.91 Å². The third-order valence-corrected chi connectivity index (χ3v) is 3.35. The maximum atomic E-state index is 12.0. The van der Waals surface area contributed by atoms with Crippen molar-refractivity contribution in [1.29, 1.82) is 0 Å². The van der Waals surface area contributed by atoms with Crippen LogP contribution < -0.4 is 20.3 Å². The van der Waals surface area contributed by atoms with E-state index in [1.165, 1.54) is 0 Å². The number of methoxy groups -OCH3 is 1. The van der Waals surface area contributed by atoms with Crippen molar-refractivity contribution in [3.63, 3.8) is 0 Å². The Bertz CT molecular complexity index is 686. The van der Waals surface area contributed by atoms with Crippen LogP contribution in [0.5, 0.6) is 5.75 Å². The van der Waals surface area contributed by atoms with E-state index in [4.69, 9.17) is 4.74 Å². The van der Waals surface area contributed by atoms with E-state index in [9.17, 15) is 4.79 Å². The molecule has 1 aromatic carbocycles. The average Bonchev–Trinajstić information content (AvgIpc) is 2.58. The monoisotopic (exact) mass is 329 g/mol. The quantitative estimate of drug-likeness (QED) is 0.753. The highest BCUT2D eigenvalue weighted by molar-refractivity contribution is 5.94. The van der Waals surface area contributed by atoms with Crippen molar-refractivity contribution >= 4 is 17.5 Å². The summed E-state index contributed by atoms with van der Waals surface area (Å²) in [6, 6.07) is 8.87. The third kappa shape index (κ3) is 4.84. The van der Waals surface area contributed by atoms with E-state index < -0.39 is 0 Å². The van der Waals surface area contributed by atoms with E-state index >= 15 is 0 Å². The Morgan fingerprint density at radius 1 is 1.17 bits per heavy atom. The molecule has 2 aromatic rings. The molecule has 0 spiro atoms. The number of anilines is 2. The predicted molar refractivity (Wildman–Crippen MR) is 94.9 cm³/mol. The Morgan fingerprint density at radius 3 is 2.50 bits per heavy atom. The van der Waals surface area contributed by atoms with Crippen LogP contribution in [0.3, 0.4) is 0 Å². The van der Waals surface area contributed by atoms with E-state index in [2.05, 4.69) is 20.6 Å². The molecule has 0 bridgehead atoms. The molecule has 1 aromatic heterocycles. The minimum Gasteiger partial charge on any atom is -0.497 e. The van der Waals surface area contributed by atoms with Gasteiger partial charge in [-0.3, -0.25) is 4.79 Å². The van der Waals surface area contributed by atoms with Crippen molar-refractivity contribution < 1.29 is 9.53 Å². The zero-order valence-electron chi connectivity index (χ0n) is 14.5. The van der Waals surface area contributed by atoms with Gasteiger partial charge in [-0.05, 0) is 31.2 Å². The Balaban J connectivity index is 1.83. The number of amides is 1. The third-order valence-electron chi connectivity index (χ3n) is 3.35. The van der Waals surface area contributed by atoms with Crippen LogP contribution in [0.4, 0.5) is 11.6 Å². The van der Waals surface area contributed by atoms with Gasteiger partial charge in [0.15, 0.2) is 0 Å². The SMILES string of the molecule is COc1ccc(C(=O)NCCNc2cc(N(C)C)nc(C)n2)cc1. The first-order valence-electron chi connectivity index (χ1n) is 7.68. The molecule has 1 amide bonds. The van der Waals surface area contributed by atoms with Crippen molar-refractivity contribution in [1.82, 2.24) is 15.3 Å².